The molecule has 0 aliphatic carbocycles. The molecule has 0 unspecified atom stereocenters. The Bertz CT molecular complexity index is 992. The SMILES string of the molecule is CC(C)(C)CN(Cc1cccc(CN)c1)C(=O)c1ccc(-c2ccc(F)cc2)nc1. The highest BCUT2D eigenvalue weighted by Crippen LogP contribution is 2.22. The normalized spacial score (nSPS) is 11.4. The molecule has 4 nitrogen and oxygen atoms in total. The van der Waals surface area contributed by atoms with Gasteiger partial charge in [-0.05, 0) is 52.9 Å². The molecule has 0 saturated carbocycles. The zero-order valence-corrected chi connectivity index (χ0v) is 17.7. The molecule has 5 heteroatoms. The van der Waals surface area contributed by atoms with Crippen molar-refractivity contribution in [2.24, 2.45) is 11.1 Å². The van der Waals surface area contributed by atoms with E-state index in [2.05, 4.69) is 25.8 Å². The van der Waals surface area contributed by atoms with Gasteiger partial charge in [-0.2, -0.15) is 0 Å². The van der Waals surface area contributed by atoms with Gasteiger partial charge in [-0.3, -0.25) is 9.78 Å². The standard InChI is InChI=1S/C25H28FN3O/c1-25(2,3)17-29(16-19-6-4-5-18(13-19)14-27)24(30)21-9-12-23(28-15-21)20-7-10-22(26)11-8-20/h4-13,15H,14,16-17,27H2,1-3H3. The summed E-state index contributed by atoms with van der Waals surface area (Å²) in [6.07, 6.45) is 1.59. The molecule has 156 valence electrons. The summed E-state index contributed by atoms with van der Waals surface area (Å²) in [4.78, 5) is 19.6. The second kappa shape index (κ2) is 9.18. The summed E-state index contributed by atoms with van der Waals surface area (Å²) in [5, 5.41) is 0. The summed E-state index contributed by atoms with van der Waals surface area (Å²) >= 11 is 0. The molecule has 1 amide bonds. The molecule has 0 fully saturated rings. The van der Waals surface area contributed by atoms with Crippen LogP contribution in [0.2, 0.25) is 0 Å². The fourth-order valence-corrected chi connectivity index (χ4v) is 3.34. The highest BCUT2D eigenvalue weighted by Gasteiger charge is 2.23. The maximum atomic E-state index is 13.3. The Morgan fingerprint density at radius 1 is 1.03 bits per heavy atom. The largest absolute Gasteiger partial charge is 0.334 e. The minimum atomic E-state index is -0.290. The van der Waals surface area contributed by atoms with Crippen LogP contribution in [0.4, 0.5) is 4.39 Å². The number of amides is 1. The van der Waals surface area contributed by atoms with Crippen LogP contribution in [0.5, 0.6) is 0 Å². The van der Waals surface area contributed by atoms with E-state index in [1.54, 1.807) is 30.5 Å². The van der Waals surface area contributed by atoms with Gasteiger partial charge in [-0.15, -0.1) is 0 Å². The van der Waals surface area contributed by atoms with Gasteiger partial charge in [0.2, 0.25) is 0 Å². The molecule has 0 saturated heterocycles. The van der Waals surface area contributed by atoms with Gasteiger partial charge in [0.15, 0.2) is 0 Å². The Morgan fingerprint density at radius 2 is 1.73 bits per heavy atom. The second-order valence-corrected chi connectivity index (χ2v) is 8.68. The number of benzene rings is 2. The van der Waals surface area contributed by atoms with Crippen LogP contribution in [0, 0.1) is 11.2 Å². The molecule has 1 aromatic heterocycles. The van der Waals surface area contributed by atoms with Gasteiger partial charge < -0.3 is 10.6 Å². The lowest BCUT2D eigenvalue weighted by Gasteiger charge is -2.30. The van der Waals surface area contributed by atoms with Crippen molar-refractivity contribution in [2.75, 3.05) is 6.54 Å². The molecule has 0 atom stereocenters. The third-order valence-corrected chi connectivity index (χ3v) is 4.70. The zero-order chi connectivity index (χ0) is 21.7. The van der Waals surface area contributed by atoms with Crippen molar-refractivity contribution in [2.45, 2.75) is 33.9 Å². The van der Waals surface area contributed by atoms with E-state index in [4.69, 9.17) is 5.73 Å². The topological polar surface area (TPSA) is 59.2 Å². The predicted molar refractivity (Wildman–Crippen MR) is 118 cm³/mol. The third-order valence-electron chi connectivity index (χ3n) is 4.70. The van der Waals surface area contributed by atoms with Crippen molar-refractivity contribution < 1.29 is 9.18 Å². The summed E-state index contributed by atoms with van der Waals surface area (Å²) in [7, 11) is 0. The maximum Gasteiger partial charge on any atom is 0.255 e. The Labute approximate surface area is 177 Å². The number of hydrogen-bond acceptors (Lipinski definition) is 3. The van der Waals surface area contributed by atoms with Gasteiger partial charge in [0.1, 0.15) is 5.82 Å². The first-order chi connectivity index (χ1) is 14.2. The van der Waals surface area contributed by atoms with E-state index in [0.29, 0.717) is 30.9 Å². The van der Waals surface area contributed by atoms with E-state index < -0.39 is 0 Å². The highest BCUT2D eigenvalue weighted by atomic mass is 19.1. The van der Waals surface area contributed by atoms with Gasteiger partial charge in [0.05, 0.1) is 11.3 Å². The van der Waals surface area contributed by atoms with Gasteiger partial charge >= 0.3 is 0 Å². The van der Waals surface area contributed by atoms with E-state index in [-0.39, 0.29) is 17.1 Å². The van der Waals surface area contributed by atoms with E-state index in [0.717, 1.165) is 16.7 Å². The van der Waals surface area contributed by atoms with E-state index in [1.807, 2.05) is 29.2 Å². The Morgan fingerprint density at radius 3 is 2.33 bits per heavy atom. The van der Waals surface area contributed by atoms with Gasteiger partial charge in [-0.1, -0.05) is 45.0 Å². The summed E-state index contributed by atoms with van der Waals surface area (Å²) < 4.78 is 13.1. The Kier molecular flexibility index (Phi) is 6.63. The zero-order valence-electron chi connectivity index (χ0n) is 17.7. The van der Waals surface area contributed by atoms with Gasteiger partial charge in [0, 0.05) is 31.4 Å². The van der Waals surface area contributed by atoms with Crippen LogP contribution < -0.4 is 5.73 Å². The minimum absolute atomic E-state index is 0.0530. The molecule has 2 N–H and O–H groups in total. The fraction of sp³-hybridized carbons (Fsp3) is 0.280. The fourth-order valence-electron chi connectivity index (χ4n) is 3.34. The van der Waals surface area contributed by atoms with Crippen LogP contribution in [0.25, 0.3) is 11.3 Å². The van der Waals surface area contributed by atoms with E-state index >= 15 is 0 Å². The molecular weight excluding hydrogens is 377 g/mol. The molecular formula is C25H28FN3O. The first-order valence-electron chi connectivity index (χ1n) is 10.0. The quantitative estimate of drug-likeness (QED) is 0.625. The number of rotatable bonds is 6. The average molecular weight is 406 g/mol. The van der Waals surface area contributed by atoms with Crippen molar-refractivity contribution in [1.82, 2.24) is 9.88 Å². The lowest BCUT2D eigenvalue weighted by molar-refractivity contribution is 0.0679. The molecule has 30 heavy (non-hydrogen) atoms. The van der Waals surface area contributed by atoms with Gasteiger partial charge in [-0.25, -0.2) is 4.39 Å². The molecule has 0 bridgehead atoms. The monoisotopic (exact) mass is 405 g/mol. The molecule has 3 rings (SSSR count). The Balaban J connectivity index is 1.83. The first-order valence-corrected chi connectivity index (χ1v) is 10.0. The summed E-state index contributed by atoms with van der Waals surface area (Å²) in [5.41, 5.74) is 9.83. The number of hydrogen-bond donors (Lipinski definition) is 1. The van der Waals surface area contributed by atoms with Crippen molar-refractivity contribution in [3.05, 3.63) is 89.4 Å². The third kappa shape index (κ3) is 5.74. The number of pyridine rings is 1. The lowest BCUT2D eigenvalue weighted by Crippen LogP contribution is -2.37. The van der Waals surface area contributed by atoms with Crippen LogP contribution in [0.3, 0.4) is 0 Å². The van der Waals surface area contributed by atoms with Crippen molar-refractivity contribution in [3.8, 4) is 11.3 Å². The smallest absolute Gasteiger partial charge is 0.255 e. The number of aromatic nitrogens is 1. The average Bonchev–Trinajstić information content (AvgIpc) is 2.72. The molecule has 3 aromatic rings. The molecule has 0 aliphatic heterocycles. The lowest BCUT2D eigenvalue weighted by atomic mass is 9.95. The summed E-state index contributed by atoms with van der Waals surface area (Å²) in [5.74, 6) is -0.358. The molecule has 2 aromatic carbocycles. The first kappa shape index (κ1) is 21.7. The predicted octanol–water partition coefficient (Wildman–Crippen LogP) is 5.03. The number of halogens is 1. The summed E-state index contributed by atoms with van der Waals surface area (Å²) in [6, 6.07) is 17.7. The van der Waals surface area contributed by atoms with Crippen molar-refractivity contribution >= 4 is 5.91 Å². The van der Waals surface area contributed by atoms with Gasteiger partial charge in [0.25, 0.3) is 5.91 Å². The van der Waals surface area contributed by atoms with Crippen LogP contribution in [-0.4, -0.2) is 22.3 Å². The van der Waals surface area contributed by atoms with Crippen molar-refractivity contribution in [1.29, 1.82) is 0 Å². The van der Waals surface area contributed by atoms with Crippen LogP contribution in [0.15, 0.2) is 66.9 Å². The molecule has 1 heterocycles. The maximum absolute atomic E-state index is 13.3. The van der Waals surface area contributed by atoms with Crippen LogP contribution >= 0.6 is 0 Å². The number of carbonyl (C=O) groups is 1. The second-order valence-electron chi connectivity index (χ2n) is 8.68. The van der Waals surface area contributed by atoms with Crippen LogP contribution in [-0.2, 0) is 13.1 Å². The molecule has 0 spiro atoms. The molecule has 0 radical (unpaired) electrons. The Hall–Kier alpha value is -3.05. The minimum Gasteiger partial charge on any atom is -0.334 e. The van der Waals surface area contributed by atoms with E-state index in [1.165, 1.54) is 12.1 Å². The van der Waals surface area contributed by atoms with Crippen LogP contribution in [0.1, 0.15) is 42.3 Å². The van der Waals surface area contributed by atoms with Crippen molar-refractivity contribution in [3.63, 3.8) is 0 Å². The summed E-state index contributed by atoms with van der Waals surface area (Å²) in [6.45, 7) is 7.91. The highest BCUT2D eigenvalue weighted by molar-refractivity contribution is 5.94. The number of nitrogens with zero attached hydrogens (tertiary/aromatic N) is 2. The number of nitrogens with two attached hydrogens (primary N) is 1. The number of carbonyl (C=O) groups excluding carboxylic acids is 1. The van der Waals surface area contributed by atoms with E-state index in [9.17, 15) is 9.18 Å². The molecule has 0 aliphatic rings.